The molecule has 116 valence electrons. The highest BCUT2D eigenvalue weighted by molar-refractivity contribution is 6.33. The van der Waals surface area contributed by atoms with E-state index in [-0.39, 0.29) is 6.04 Å². The van der Waals surface area contributed by atoms with Gasteiger partial charge in [0.25, 0.3) is 0 Å². The van der Waals surface area contributed by atoms with Crippen LogP contribution in [0.25, 0.3) is 0 Å². The van der Waals surface area contributed by atoms with Crippen LogP contribution in [0.2, 0.25) is 5.02 Å². The van der Waals surface area contributed by atoms with Crippen molar-refractivity contribution in [2.75, 3.05) is 11.4 Å². The predicted molar refractivity (Wildman–Crippen MR) is 85.0 cm³/mol. The molecule has 2 aromatic rings. The van der Waals surface area contributed by atoms with Crippen molar-refractivity contribution in [2.24, 2.45) is 11.7 Å². The molecular weight excluding hydrogens is 302 g/mol. The number of amides is 1. The first-order chi connectivity index (χ1) is 10.6. The second-order valence-corrected chi connectivity index (χ2v) is 6.16. The Labute approximate surface area is 134 Å². The monoisotopic (exact) mass is 319 g/mol. The maximum absolute atomic E-state index is 11.2. The van der Waals surface area contributed by atoms with Crippen molar-refractivity contribution in [3.8, 4) is 0 Å². The first-order valence-corrected chi connectivity index (χ1v) is 7.69. The number of carbonyl (C=O) groups is 1. The lowest BCUT2D eigenvalue weighted by Gasteiger charge is -2.38. The summed E-state index contributed by atoms with van der Waals surface area (Å²) in [4.78, 5) is 17.7. The van der Waals surface area contributed by atoms with Gasteiger partial charge in [-0.2, -0.15) is 0 Å². The van der Waals surface area contributed by atoms with Crippen LogP contribution in [0.3, 0.4) is 0 Å². The highest BCUT2D eigenvalue weighted by Crippen LogP contribution is 2.39. The van der Waals surface area contributed by atoms with Crippen LogP contribution >= 0.6 is 11.6 Å². The Kier molecular flexibility index (Phi) is 4.07. The minimum atomic E-state index is -0.532. The summed E-state index contributed by atoms with van der Waals surface area (Å²) in [7, 11) is 0. The van der Waals surface area contributed by atoms with Crippen LogP contribution in [0.1, 0.15) is 41.9 Å². The fraction of sp³-hybridized carbons (Fsp3) is 0.375. The molecule has 1 amide bonds. The van der Waals surface area contributed by atoms with Crippen LogP contribution in [-0.2, 0) is 0 Å². The topological polar surface area (TPSA) is 72.4 Å². The molecule has 1 fully saturated rings. The molecule has 1 saturated heterocycles. The Bertz CT molecular complexity index is 672. The third kappa shape index (κ3) is 2.81. The number of primary amides is 1. The first-order valence-electron chi connectivity index (χ1n) is 7.31. The van der Waals surface area contributed by atoms with Crippen LogP contribution in [-0.4, -0.2) is 17.4 Å². The molecule has 22 heavy (non-hydrogen) atoms. The van der Waals surface area contributed by atoms with E-state index in [9.17, 15) is 4.79 Å². The van der Waals surface area contributed by atoms with Gasteiger partial charge in [-0.05, 0) is 37.0 Å². The minimum Gasteiger partial charge on any atom is -0.467 e. The van der Waals surface area contributed by atoms with Crippen molar-refractivity contribution in [1.82, 2.24) is 4.98 Å². The molecule has 0 aliphatic carbocycles. The zero-order valence-corrected chi connectivity index (χ0v) is 13.1. The summed E-state index contributed by atoms with van der Waals surface area (Å²) in [6.07, 6.45) is 5.19. The average molecular weight is 320 g/mol. The van der Waals surface area contributed by atoms with Gasteiger partial charge in [0.15, 0.2) is 0 Å². The average Bonchev–Trinajstić information content (AvgIpc) is 3.01. The smallest absolute Gasteiger partial charge is 0.250 e. The standard InChI is InChI=1S/C16H18ClN3O2/c1-10-4-5-20(13(7-10)14-3-2-6-22-14)16-12(17)8-11(9-19-16)15(18)21/h2-3,6,8-10,13H,4-5,7H2,1H3,(H2,18,21). The number of nitrogens with two attached hydrogens (primary N) is 1. The van der Waals surface area contributed by atoms with Gasteiger partial charge >= 0.3 is 0 Å². The molecule has 2 unspecified atom stereocenters. The first kappa shape index (κ1) is 14.9. The lowest BCUT2D eigenvalue weighted by atomic mass is 9.91. The molecule has 2 atom stereocenters. The third-order valence-electron chi connectivity index (χ3n) is 4.11. The van der Waals surface area contributed by atoms with Crippen molar-refractivity contribution in [3.05, 3.63) is 47.0 Å². The number of pyridine rings is 1. The number of aromatic nitrogens is 1. The number of piperidine rings is 1. The van der Waals surface area contributed by atoms with Gasteiger partial charge in [-0.15, -0.1) is 0 Å². The highest BCUT2D eigenvalue weighted by Gasteiger charge is 2.31. The number of hydrogen-bond donors (Lipinski definition) is 1. The lowest BCUT2D eigenvalue weighted by Crippen LogP contribution is -2.37. The van der Waals surface area contributed by atoms with Crippen LogP contribution in [0, 0.1) is 5.92 Å². The second kappa shape index (κ2) is 6.01. The van der Waals surface area contributed by atoms with Gasteiger partial charge in [0.2, 0.25) is 5.91 Å². The Hall–Kier alpha value is -2.01. The number of furan rings is 1. The normalized spacial score (nSPS) is 21.8. The van der Waals surface area contributed by atoms with Gasteiger partial charge in [-0.3, -0.25) is 4.79 Å². The van der Waals surface area contributed by atoms with E-state index < -0.39 is 5.91 Å². The van der Waals surface area contributed by atoms with Gasteiger partial charge < -0.3 is 15.1 Å². The zero-order chi connectivity index (χ0) is 15.7. The predicted octanol–water partition coefficient (Wildman–Crippen LogP) is 3.40. The van der Waals surface area contributed by atoms with E-state index in [2.05, 4.69) is 16.8 Å². The third-order valence-corrected chi connectivity index (χ3v) is 4.39. The van der Waals surface area contributed by atoms with Crippen molar-refractivity contribution >= 4 is 23.3 Å². The second-order valence-electron chi connectivity index (χ2n) is 5.75. The summed E-state index contributed by atoms with van der Waals surface area (Å²) in [5.74, 6) is 1.65. The van der Waals surface area contributed by atoms with Gasteiger partial charge in [-0.25, -0.2) is 4.98 Å². The SMILES string of the molecule is CC1CCN(c2ncc(C(N)=O)cc2Cl)C(c2ccco2)C1. The zero-order valence-electron chi connectivity index (χ0n) is 12.3. The summed E-state index contributed by atoms with van der Waals surface area (Å²) in [6.45, 7) is 3.08. The summed E-state index contributed by atoms with van der Waals surface area (Å²) < 4.78 is 5.59. The molecule has 1 aliphatic rings. The molecule has 3 heterocycles. The van der Waals surface area contributed by atoms with Crippen molar-refractivity contribution in [1.29, 1.82) is 0 Å². The molecule has 0 bridgehead atoms. The molecule has 3 rings (SSSR count). The van der Waals surface area contributed by atoms with Crippen molar-refractivity contribution < 1.29 is 9.21 Å². The van der Waals surface area contributed by atoms with Crippen LogP contribution in [0.4, 0.5) is 5.82 Å². The summed E-state index contributed by atoms with van der Waals surface area (Å²) in [6, 6.07) is 5.53. The summed E-state index contributed by atoms with van der Waals surface area (Å²) >= 11 is 6.33. The number of halogens is 1. The van der Waals surface area contributed by atoms with Crippen molar-refractivity contribution in [3.63, 3.8) is 0 Å². The Morgan fingerprint density at radius 3 is 3.00 bits per heavy atom. The molecular formula is C16H18ClN3O2. The maximum Gasteiger partial charge on any atom is 0.250 e. The largest absolute Gasteiger partial charge is 0.467 e. The fourth-order valence-electron chi connectivity index (χ4n) is 2.92. The molecule has 2 N–H and O–H groups in total. The van der Waals surface area contributed by atoms with Crippen molar-refractivity contribution in [2.45, 2.75) is 25.8 Å². The Balaban J connectivity index is 1.96. The van der Waals surface area contributed by atoms with E-state index in [1.54, 1.807) is 12.3 Å². The quantitative estimate of drug-likeness (QED) is 0.941. The van der Waals surface area contributed by atoms with Crippen LogP contribution in [0.15, 0.2) is 35.1 Å². The van der Waals surface area contributed by atoms with Crippen LogP contribution < -0.4 is 10.6 Å². The molecule has 1 aliphatic heterocycles. The summed E-state index contributed by atoms with van der Waals surface area (Å²) in [5, 5.41) is 0.433. The van der Waals surface area contributed by atoms with Gasteiger partial charge in [0, 0.05) is 12.7 Å². The van der Waals surface area contributed by atoms with Gasteiger partial charge in [-0.1, -0.05) is 18.5 Å². The number of carbonyl (C=O) groups excluding carboxylic acids is 1. The Morgan fingerprint density at radius 1 is 1.55 bits per heavy atom. The molecule has 0 spiro atoms. The Morgan fingerprint density at radius 2 is 2.36 bits per heavy atom. The number of anilines is 1. The molecule has 0 radical (unpaired) electrons. The van der Waals surface area contributed by atoms with E-state index >= 15 is 0 Å². The number of nitrogens with zero attached hydrogens (tertiary/aromatic N) is 2. The minimum absolute atomic E-state index is 0.100. The molecule has 2 aromatic heterocycles. The van der Waals surface area contributed by atoms with E-state index in [1.165, 1.54) is 6.20 Å². The van der Waals surface area contributed by atoms with E-state index in [0.29, 0.717) is 22.3 Å². The fourth-order valence-corrected chi connectivity index (χ4v) is 3.20. The molecule has 0 saturated carbocycles. The molecule has 0 aromatic carbocycles. The highest BCUT2D eigenvalue weighted by atomic mass is 35.5. The maximum atomic E-state index is 11.2. The lowest BCUT2D eigenvalue weighted by molar-refractivity contribution is 0.1000. The van der Waals surface area contributed by atoms with E-state index in [0.717, 1.165) is 25.1 Å². The molecule has 5 nitrogen and oxygen atoms in total. The van der Waals surface area contributed by atoms with Crippen LogP contribution in [0.5, 0.6) is 0 Å². The number of rotatable bonds is 3. The van der Waals surface area contributed by atoms with E-state index in [4.69, 9.17) is 21.8 Å². The summed E-state index contributed by atoms with van der Waals surface area (Å²) in [5.41, 5.74) is 5.58. The van der Waals surface area contributed by atoms with E-state index in [1.807, 2.05) is 12.1 Å². The van der Waals surface area contributed by atoms with Gasteiger partial charge in [0.1, 0.15) is 11.6 Å². The number of hydrogen-bond acceptors (Lipinski definition) is 4. The van der Waals surface area contributed by atoms with Gasteiger partial charge in [0.05, 0.1) is 22.9 Å². The molecule has 6 heteroatoms.